The number of rotatable bonds is 6. The maximum absolute atomic E-state index is 12.3. The van der Waals surface area contributed by atoms with Crippen LogP contribution in [0.25, 0.3) is 0 Å². The summed E-state index contributed by atoms with van der Waals surface area (Å²) >= 11 is 6.00. The van der Waals surface area contributed by atoms with Crippen molar-refractivity contribution in [2.24, 2.45) is 11.7 Å². The zero-order valence-electron chi connectivity index (χ0n) is 13.1. The minimum Gasteiger partial charge on any atom is -0.492 e. The normalized spacial score (nSPS) is 18.4. The van der Waals surface area contributed by atoms with Crippen LogP contribution in [0.5, 0.6) is 5.75 Å². The Bertz CT molecular complexity index is 692. The van der Waals surface area contributed by atoms with Gasteiger partial charge in [0, 0.05) is 23.2 Å². The van der Waals surface area contributed by atoms with Crippen LogP contribution in [0.3, 0.4) is 0 Å². The van der Waals surface area contributed by atoms with E-state index in [4.69, 9.17) is 22.1 Å². The summed E-state index contributed by atoms with van der Waals surface area (Å²) in [6.07, 6.45) is 0.865. The third kappa shape index (κ3) is 4.63. The average molecular weight is 367 g/mol. The molecule has 6 heteroatoms. The lowest BCUT2D eigenvalue weighted by molar-refractivity contribution is -0.117. The predicted molar refractivity (Wildman–Crippen MR) is 99.2 cm³/mol. The van der Waals surface area contributed by atoms with Gasteiger partial charge in [-0.25, -0.2) is 0 Å². The summed E-state index contributed by atoms with van der Waals surface area (Å²) in [5.41, 5.74) is 7.29. The van der Waals surface area contributed by atoms with Crippen LogP contribution < -0.4 is 15.8 Å². The summed E-state index contributed by atoms with van der Waals surface area (Å²) < 4.78 is 5.41. The number of ether oxygens (including phenoxy) is 1. The summed E-state index contributed by atoms with van der Waals surface area (Å²) in [6, 6.07) is 15.0. The Kier molecular flexibility index (Phi) is 6.49. The number of nitrogens with one attached hydrogen (secondary N) is 1. The first-order chi connectivity index (χ1) is 11.2. The van der Waals surface area contributed by atoms with Gasteiger partial charge in [-0.05, 0) is 54.3 Å². The summed E-state index contributed by atoms with van der Waals surface area (Å²) in [5.74, 6) is 1.07. The maximum Gasteiger partial charge on any atom is 0.228 e. The molecule has 0 radical (unpaired) electrons. The molecule has 1 aliphatic carbocycles. The highest BCUT2D eigenvalue weighted by Gasteiger charge is 2.43. The van der Waals surface area contributed by atoms with Crippen molar-refractivity contribution >= 4 is 35.6 Å². The molecular formula is C18H20Cl2N2O2. The molecule has 3 N–H and O–H groups in total. The van der Waals surface area contributed by atoms with Crippen molar-refractivity contribution in [1.82, 2.24) is 0 Å². The van der Waals surface area contributed by atoms with E-state index in [-0.39, 0.29) is 30.2 Å². The molecule has 1 fully saturated rings. The van der Waals surface area contributed by atoms with Crippen molar-refractivity contribution in [2.45, 2.75) is 12.3 Å². The summed E-state index contributed by atoms with van der Waals surface area (Å²) in [4.78, 5) is 12.3. The smallest absolute Gasteiger partial charge is 0.228 e. The first kappa shape index (κ1) is 18.6. The van der Waals surface area contributed by atoms with E-state index in [0.717, 1.165) is 23.4 Å². The number of benzene rings is 2. The van der Waals surface area contributed by atoms with Gasteiger partial charge in [-0.3, -0.25) is 4.79 Å². The van der Waals surface area contributed by atoms with Gasteiger partial charge in [0.1, 0.15) is 12.4 Å². The molecule has 128 valence electrons. The first-order valence-electron chi connectivity index (χ1n) is 7.66. The lowest BCUT2D eigenvalue weighted by Gasteiger charge is -2.08. The number of anilines is 1. The molecule has 0 saturated heterocycles. The van der Waals surface area contributed by atoms with Crippen molar-refractivity contribution in [3.63, 3.8) is 0 Å². The van der Waals surface area contributed by atoms with E-state index in [2.05, 4.69) is 5.32 Å². The highest BCUT2D eigenvalue weighted by Crippen LogP contribution is 2.48. The highest BCUT2D eigenvalue weighted by molar-refractivity contribution is 6.30. The van der Waals surface area contributed by atoms with E-state index in [9.17, 15) is 4.79 Å². The molecule has 0 spiro atoms. The lowest BCUT2D eigenvalue weighted by atomic mass is 10.1. The molecule has 24 heavy (non-hydrogen) atoms. The van der Waals surface area contributed by atoms with Crippen LogP contribution in [0.15, 0.2) is 48.5 Å². The molecular weight excluding hydrogens is 347 g/mol. The van der Waals surface area contributed by atoms with Crippen LogP contribution in [0.2, 0.25) is 5.02 Å². The number of halogens is 2. The quantitative estimate of drug-likeness (QED) is 0.815. The molecule has 0 aromatic heterocycles. The number of amides is 1. The second-order valence-electron chi connectivity index (χ2n) is 5.65. The second kappa shape index (κ2) is 8.38. The average Bonchev–Trinajstić information content (AvgIpc) is 3.35. The fraction of sp³-hybridized carbons (Fsp3) is 0.278. The Morgan fingerprint density at radius 3 is 2.67 bits per heavy atom. The van der Waals surface area contributed by atoms with E-state index in [1.54, 1.807) is 0 Å². The van der Waals surface area contributed by atoms with E-state index in [1.165, 1.54) is 0 Å². The predicted octanol–water partition coefficient (Wildman–Crippen LogP) is 3.84. The monoisotopic (exact) mass is 366 g/mol. The van der Waals surface area contributed by atoms with E-state index in [0.29, 0.717) is 18.2 Å². The summed E-state index contributed by atoms with van der Waals surface area (Å²) in [5, 5.41) is 3.66. The van der Waals surface area contributed by atoms with Gasteiger partial charge in [-0.2, -0.15) is 0 Å². The van der Waals surface area contributed by atoms with E-state index >= 15 is 0 Å². The molecule has 2 atom stereocenters. The van der Waals surface area contributed by atoms with Crippen LogP contribution in [-0.4, -0.2) is 19.1 Å². The molecule has 3 rings (SSSR count). The SMILES string of the molecule is Cl.NCCOc1ccc(NC(=O)C2CC2c2cccc(Cl)c2)cc1. The highest BCUT2D eigenvalue weighted by atomic mass is 35.5. The van der Waals surface area contributed by atoms with Gasteiger partial charge in [0.2, 0.25) is 5.91 Å². The zero-order chi connectivity index (χ0) is 16.2. The van der Waals surface area contributed by atoms with Crippen molar-refractivity contribution in [3.8, 4) is 5.75 Å². The van der Waals surface area contributed by atoms with Crippen LogP contribution in [-0.2, 0) is 4.79 Å². The van der Waals surface area contributed by atoms with E-state index < -0.39 is 0 Å². The first-order valence-corrected chi connectivity index (χ1v) is 8.04. The number of hydrogen-bond donors (Lipinski definition) is 2. The molecule has 2 unspecified atom stereocenters. The molecule has 4 nitrogen and oxygen atoms in total. The van der Waals surface area contributed by atoms with Gasteiger partial charge in [0.05, 0.1) is 0 Å². The van der Waals surface area contributed by atoms with Gasteiger partial charge in [-0.15, -0.1) is 12.4 Å². The second-order valence-corrected chi connectivity index (χ2v) is 6.09. The number of carbonyl (C=O) groups excluding carboxylic acids is 1. The Hall–Kier alpha value is -1.75. The van der Waals surface area contributed by atoms with Gasteiger partial charge in [0.25, 0.3) is 0 Å². The van der Waals surface area contributed by atoms with E-state index in [1.807, 2.05) is 48.5 Å². The van der Waals surface area contributed by atoms with Gasteiger partial charge >= 0.3 is 0 Å². The molecule has 2 aromatic rings. The molecule has 1 amide bonds. The summed E-state index contributed by atoms with van der Waals surface area (Å²) in [6.45, 7) is 0.958. The van der Waals surface area contributed by atoms with Crippen molar-refractivity contribution in [3.05, 3.63) is 59.1 Å². The molecule has 0 aliphatic heterocycles. The van der Waals surface area contributed by atoms with Gasteiger partial charge in [-0.1, -0.05) is 23.7 Å². The van der Waals surface area contributed by atoms with Crippen molar-refractivity contribution in [1.29, 1.82) is 0 Å². The number of nitrogens with two attached hydrogens (primary N) is 1. The third-order valence-corrected chi connectivity index (χ3v) is 4.15. The molecule has 1 aliphatic rings. The summed E-state index contributed by atoms with van der Waals surface area (Å²) in [7, 11) is 0. The molecule has 2 aromatic carbocycles. The fourth-order valence-electron chi connectivity index (χ4n) is 2.64. The molecule has 0 bridgehead atoms. The topological polar surface area (TPSA) is 64.3 Å². The fourth-order valence-corrected chi connectivity index (χ4v) is 2.84. The van der Waals surface area contributed by atoms with Crippen LogP contribution in [0.1, 0.15) is 17.9 Å². The minimum absolute atomic E-state index is 0. The van der Waals surface area contributed by atoms with Crippen molar-refractivity contribution in [2.75, 3.05) is 18.5 Å². The Morgan fingerprint density at radius 2 is 2.00 bits per heavy atom. The molecule has 1 saturated carbocycles. The third-order valence-electron chi connectivity index (χ3n) is 3.91. The Labute approximate surface area is 152 Å². The molecule has 0 heterocycles. The maximum atomic E-state index is 12.3. The number of hydrogen-bond acceptors (Lipinski definition) is 3. The zero-order valence-corrected chi connectivity index (χ0v) is 14.6. The van der Waals surface area contributed by atoms with Gasteiger partial charge < -0.3 is 15.8 Å². The van der Waals surface area contributed by atoms with Crippen LogP contribution in [0.4, 0.5) is 5.69 Å². The Morgan fingerprint density at radius 1 is 1.25 bits per heavy atom. The standard InChI is InChI=1S/C18H19ClN2O2.ClH/c19-13-3-1-2-12(10-13)16-11-17(16)18(22)21-14-4-6-15(7-5-14)23-9-8-20;/h1-7,10,16-17H,8-9,11,20H2,(H,21,22);1H. The van der Waals surface area contributed by atoms with Crippen LogP contribution >= 0.6 is 24.0 Å². The van der Waals surface area contributed by atoms with Gasteiger partial charge in [0.15, 0.2) is 0 Å². The largest absolute Gasteiger partial charge is 0.492 e. The van der Waals surface area contributed by atoms with Crippen LogP contribution in [0, 0.1) is 5.92 Å². The number of carbonyl (C=O) groups is 1. The Balaban J connectivity index is 0.00000208. The lowest BCUT2D eigenvalue weighted by Crippen LogP contribution is -2.14. The minimum atomic E-state index is 0. The van der Waals surface area contributed by atoms with Crippen molar-refractivity contribution < 1.29 is 9.53 Å².